The number of anilines is 1. The Morgan fingerprint density at radius 2 is 1.19 bits per heavy atom. The molecule has 13 N–H and O–H groups in total. The Kier molecular flexibility index (Phi) is 49.9. The second kappa shape index (κ2) is 63.6. The number of aliphatic carboxylic acids is 1. The van der Waals surface area contributed by atoms with Gasteiger partial charge in [0.2, 0.25) is 47.3 Å². The molecule has 0 bridgehead atoms. The van der Waals surface area contributed by atoms with Crippen molar-refractivity contribution in [3.63, 3.8) is 0 Å². The number of carboxylic acids is 1. The fourth-order valence-corrected chi connectivity index (χ4v) is 16.9. The number of aryl methyl sites for hydroxylation is 1. The molecule has 1 aliphatic carbocycles. The number of nitrogens with one attached hydrogen (secondary N) is 8. The highest BCUT2D eigenvalue weighted by Gasteiger charge is 2.46. The summed E-state index contributed by atoms with van der Waals surface area (Å²) >= 11 is 0. The third-order valence-corrected chi connectivity index (χ3v) is 25.2. The molecule has 3 aliphatic rings. The van der Waals surface area contributed by atoms with Gasteiger partial charge in [0.15, 0.2) is 5.60 Å². The predicted octanol–water partition coefficient (Wildman–Crippen LogP) is 2.61. The summed E-state index contributed by atoms with van der Waals surface area (Å²) in [5.74, 6) is 0.0695. The molecule has 4 aromatic heterocycles. The maximum atomic E-state index is 14.1. The van der Waals surface area contributed by atoms with Gasteiger partial charge in [-0.3, -0.25) is 52.5 Å². The van der Waals surface area contributed by atoms with Crippen molar-refractivity contribution in [3.05, 3.63) is 181 Å². The summed E-state index contributed by atoms with van der Waals surface area (Å²) in [6.45, 7) is 13.9. The number of amides is 7. The third kappa shape index (κ3) is 39.2. The van der Waals surface area contributed by atoms with Gasteiger partial charge in [-0.15, -0.1) is 0 Å². The van der Waals surface area contributed by atoms with Gasteiger partial charge in [-0.1, -0.05) is 78.6 Å². The molecule has 0 spiro atoms. The molecule has 7 amide bonds. The van der Waals surface area contributed by atoms with Crippen molar-refractivity contribution in [3.8, 4) is 34.4 Å². The first-order chi connectivity index (χ1) is 72.4. The van der Waals surface area contributed by atoms with Crippen molar-refractivity contribution >= 4 is 75.1 Å². The molecule has 3 fully saturated rings. The van der Waals surface area contributed by atoms with Crippen LogP contribution in [-0.2, 0) is 130 Å². The quantitative estimate of drug-likeness (QED) is 0.0148. The molecule has 8 aromatic rings. The fourth-order valence-electron chi connectivity index (χ4n) is 16.9. The number of carbonyl (C=O) groups is 8. The number of hydrogen-bond acceptors (Lipinski definition) is 32. The number of aromatic nitrogens is 6. The number of carbonyl (C=O) groups excluding carboxylic acids is 7. The Bertz CT molecular complexity index is 5770. The van der Waals surface area contributed by atoms with Gasteiger partial charge < -0.3 is 144 Å². The number of hydrogen-bond donors (Lipinski definition) is 11. The van der Waals surface area contributed by atoms with Crippen molar-refractivity contribution in [2.45, 2.75) is 132 Å². The lowest BCUT2D eigenvalue weighted by Crippen LogP contribution is -2.55. The van der Waals surface area contributed by atoms with Crippen LogP contribution in [0.25, 0.3) is 38.6 Å². The lowest BCUT2D eigenvalue weighted by molar-refractivity contribution is -0.142. The number of benzene rings is 4. The van der Waals surface area contributed by atoms with E-state index in [-0.39, 0.29) is 74.0 Å². The van der Waals surface area contributed by atoms with Crippen LogP contribution in [0.1, 0.15) is 106 Å². The van der Waals surface area contributed by atoms with Crippen LogP contribution in [0.3, 0.4) is 0 Å². The smallest absolute Gasteiger partial charge is 0.337 e. The van der Waals surface area contributed by atoms with E-state index < -0.39 is 109 Å². The number of methoxy groups -OCH3 is 2. The van der Waals surface area contributed by atoms with E-state index in [0.717, 1.165) is 84.3 Å². The number of aromatic amines is 1. The van der Waals surface area contributed by atoms with Gasteiger partial charge in [-0.2, -0.15) is 0 Å². The van der Waals surface area contributed by atoms with Crippen molar-refractivity contribution in [2.24, 2.45) is 24.4 Å². The van der Waals surface area contributed by atoms with Crippen LogP contribution in [0.15, 0.2) is 142 Å². The van der Waals surface area contributed by atoms with Crippen LogP contribution < -0.4 is 75.1 Å². The molecule has 1 saturated carbocycles. The van der Waals surface area contributed by atoms with E-state index in [2.05, 4.69) is 70.8 Å². The minimum atomic E-state index is -1.42. The number of nitrogens with zero attached hydrogens (tertiary/aromatic N) is 7. The van der Waals surface area contributed by atoms with E-state index in [4.69, 9.17) is 92.5 Å². The first-order valence-corrected chi connectivity index (χ1v) is 50.8. The summed E-state index contributed by atoms with van der Waals surface area (Å²) in [5.41, 5.74) is 13.5. The van der Waals surface area contributed by atoms with E-state index in [1.54, 1.807) is 67.4 Å². The highest BCUT2D eigenvalue weighted by Crippen LogP contribution is 2.44. The van der Waals surface area contributed by atoms with Crippen LogP contribution >= 0.6 is 0 Å². The number of likely N-dealkylation sites (tertiary alicyclic amines) is 1. The number of fused-ring (bicyclic) bond motifs is 2. The van der Waals surface area contributed by atoms with E-state index in [0.29, 0.717) is 229 Å². The van der Waals surface area contributed by atoms with E-state index in [1.807, 2.05) is 66.9 Å². The number of piperidine rings is 2. The van der Waals surface area contributed by atoms with E-state index in [9.17, 15) is 57.8 Å². The van der Waals surface area contributed by atoms with Gasteiger partial charge in [0, 0.05) is 124 Å². The molecule has 0 unspecified atom stereocenters. The Labute approximate surface area is 865 Å². The number of pyridine rings is 1. The molecule has 4 aromatic carbocycles. The Hall–Kier alpha value is -12.4. The van der Waals surface area contributed by atoms with Crippen molar-refractivity contribution in [1.82, 2.24) is 70.8 Å². The molecule has 11 rings (SSSR count). The lowest BCUT2D eigenvalue weighted by atomic mass is 9.87. The molecule has 2 saturated heterocycles. The zero-order valence-corrected chi connectivity index (χ0v) is 85.6. The largest absolute Gasteiger partial charge is 0.495 e. The summed E-state index contributed by atoms with van der Waals surface area (Å²) in [6, 6.07) is 30.8. The maximum Gasteiger partial charge on any atom is 0.337 e. The monoisotopic (exact) mass is 2080 g/mol. The van der Waals surface area contributed by atoms with Gasteiger partial charge >= 0.3 is 11.7 Å². The highest BCUT2D eigenvalue weighted by molar-refractivity contribution is 5.98. The Balaban J connectivity index is 0.591. The summed E-state index contributed by atoms with van der Waals surface area (Å²) in [5, 5.41) is 30.4. The maximum absolute atomic E-state index is 14.1. The molecule has 812 valence electrons. The van der Waals surface area contributed by atoms with E-state index in [1.165, 1.54) is 17.9 Å². The van der Waals surface area contributed by atoms with Crippen LogP contribution in [0.5, 0.6) is 5.75 Å². The molecule has 0 radical (unpaired) electrons. The van der Waals surface area contributed by atoms with Crippen LogP contribution in [-0.4, -0.2) is 348 Å². The van der Waals surface area contributed by atoms with Crippen molar-refractivity contribution < 1.29 is 115 Å². The average molecular weight is 2080 g/mol. The number of H-pyrrole nitrogens is 1. The molecule has 44 nitrogen and oxygen atoms in total. The molecule has 6 heterocycles. The number of ether oxygens (including phenoxy) is 15. The zero-order chi connectivity index (χ0) is 106. The third-order valence-electron chi connectivity index (χ3n) is 25.2. The standard InChI is InChI=1S/C105H145N17O27/c1-104(114-34-13-16-76-20-25-89(136-4)88(65-76)121-38-29-94(127)122(103(121)134)73-112-98(130)78(67-90(107)123)68-95(128)129)31-39-119(40-32-104)80-27-36-120(37-28-80)102-116-86-24-21-77(84-71-118(2)101(133)96-82(84)26-35-109-96)66-83(86)97(117-102)105(149-81-22-23-81,79-17-9-6-10-18-79)72-148-74-113-92(125)69-111-100(132)87(64-75-14-7-5-8-15-75)115-93(126)70-110-99(131)85(106)19-11-12-33-108-91(124)30-41-137-44-45-139-48-49-141-52-53-143-56-57-145-60-61-147-63-62-146-59-58-144-55-54-142-51-50-140-47-46-138-43-42-135-3/h5-10,14-15,17-18,20-21,24-26,29,35,38,65-66,71,78,80-81,85,87,109,114H,11-12,19,22-23,27-28,30-34,36-37,39-64,67-70,72-74,106H2,1-4H3,(H2,107,123)(H,108,124)(H,110,131)(H,111,132)(H,112,130)(H,113,125)(H,115,126)(H,128,129)/t78-,85-,87-,105-/m0/s1. The summed E-state index contributed by atoms with van der Waals surface area (Å²) in [6.07, 6.45) is 9.77. The molecular formula is C105H145N17O27. The summed E-state index contributed by atoms with van der Waals surface area (Å²) in [7, 11) is 4.77. The van der Waals surface area contributed by atoms with Crippen LogP contribution in [0.4, 0.5) is 5.95 Å². The van der Waals surface area contributed by atoms with Crippen molar-refractivity contribution in [1.29, 1.82) is 0 Å². The second-order valence-corrected chi connectivity index (χ2v) is 36.4. The van der Waals surface area contributed by atoms with Gasteiger partial charge in [0.1, 0.15) is 30.7 Å². The minimum Gasteiger partial charge on any atom is -0.495 e. The first-order valence-electron chi connectivity index (χ1n) is 50.8. The van der Waals surface area contributed by atoms with Crippen LogP contribution in [0.2, 0.25) is 0 Å². The van der Waals surface area contributed by atoms with Gasteiger partial charge in [-0.05, 0) is 118 Å². The van der Waals surface area contributed by atoms with Crippen molar-refractivity contribution in [2.75, 3.05) is 237 Å². The lowest BCUT2D eigenvalue weighted by Gasteiger charge is -2.45. The first kappa shape index (κ1) is 117. The van der Waals surface area contributed by atoms with E-state index >= 15 is 0 Å². The van der Waals surface area contributed by atoms with Gasteiger partial charge in [0.25, 0.3) is 11.1 Å². The fraction of sp³-hybridized carbons (Fsp3) is 0.552. The zero-order valence-electron chi connectivity index (χ0n) is 85.6. The van der Waals surface area contributed by atoms with Gasteiger partial charge in [-0.25, -0.2) is 19.3 Å². The normalized spacial score (nSPS) is 14.8. The molecular weight excluding hydrogens is 1930 g/mol. The Morgan fingerprint density at radius 3 is 1.79 bits per heavy atom. The topological polar surface area (TPSA) is 546 Å². The summed E-state index contributed by atoms with van der Waals surface area (Å²) in [4.78, 5) is 162. The minimum absolute atomic E-state index is 0.0498. The number of carboxylic acid groups (broad SMARTS) is 1. The van der Waals surface area contributed by atoms with Gasteiger partial charge in [0.05, 0.1) is 227 Å². The highest BCUT2D eigenvalue weighted by atomic mass is 16.6. The average Bonchev–Trinajstić information content (AvgIpc) is 1.73. The second-order valence-electron chi connectivity index (χ2n) is 36.4. The molecule has 149 heavy (non-hydrogen) atoms. The number of unbranched alkanes of at least 4 members (excludes halogenated alkanes) is 1. The molecule has 4 atom stereocenters. The predicted molar refractivity (Wildman–Crippen MR) is 551 cm³/mol. The van der Waals surface area contributed by atoms with Crippen LogP contribution in [0, 0.1) is 17.8 Å². The Morgan fingerprint density at radius 1 is 0.604 bits per heavy atom. The SMILES string of the molecule is COCCOCCOCCOCCOCCOCCOCCOCCOCCOCCOCCOCCC(=O)NCCCC[C@H](N)C(=O)NCC(=O)N[C@@H](Cc1ccccc1)C(=O)NCC(=O)NCOC[C@](OC1CC1)(c1ccccc1)c1nc(N2CCC(N3CCC(C)(NCC#Cc4ccc(OC)c(-n5ccc(=O)n(CNC(=O)[C@@H](CC(N)=O)CC(=O)O)c5=O)c4)CC3)CC2)nc2ccc(-c3cn(C)c(=O)c4[nH]ccc34)cc12. The number of nitrogens with two attached hydrogens (primary N) is 2. The number of primary amides is 1. The molecule has 44 heteroatoms. The summed E-state index contributed by atoms with van der Waals surface area (Å²) < 4.78 is 88.5. The molecule has 2 aliphatic heterocycles. The number of rotatable bonds is 72.